The highest BCUT2D eigenvalue weighted by atomic mass is 16.2. The van der Waals surface area contributed by atoms with E-state index in [1.807, 2.05) is 24.3 Å². The fraction of sp³-hybridized carbons (Fsp3) is 0.167. The Labute approximate surface area is 93.6 Å². The van der Waals surface area contributed by atoms with Crippen LogP contribution in [0.1, 0.15) is 11.1 Å². The number of benzene rings is 1. The van der Waals surface area contributed by atoms with Crippen molar-refractivity contribution in [2.75, 3.05) is 6.61 Å². The lowest BCUT2D eigenvalue weighted by Crippen LogP contribution is -1.99. The third-order valence-electron chi connectivity index (χ3n) is 2.05. The Morgan fingerprint density at radius 3 is 3.06 bits per heavy atom. The van der Waals surface area contributed by atoms with E-state index in [1.54, 1.807) is 11.0 Å². The molecule has 4 heteroatoms. The molecule has 1 N–H and O–H groups in total. The first-order valence-electron chi connectivity index (χ1n) is 4.89. The first-order chi connectivity index (χ1) is 7.88. The summed E-state index contributed by atoms with van der Waals surface area (Å²) in [6, 6.07) is 7.83. The van der Waals surface area contributed by atoms with Crippen LogP contribution in [-0.2, 0) is 6.54 Å². The number of aliphatic hydroxyl groups is 1. The van der Waals surface area contributed by atoms with Crippen molar-refractivity contribution in [2.45, 2.75) is 6.54 Å². The van der Waals surface area contributed by atoms with Crippen LogP contribution in [0.15, 0.2) is 36.9 Å². The van der Waals surface area contributed by atoms with Crippen molar-refractivity contribution in [3.8, 4) is 11.8 Å². The van der Waals surface area contributed by atoms with Crippen LogP contribution in [0.2, 0.25) is 0 Å². The number of hydrogen-bond acceptors (Lipinski definition) is 3. The van der Waals surface area contributed by atoms with Crippen LogP contribution in [0.4, 0.5) is 0 Å². The van der Waals surface area contributed by atoms with Crippen LogP contribution >= 0.6 is 0 Å². The van der Waals surface area contributed by atoms with Crippen LogP contribution in [0.3, 0.4) is 0 Å². The molecule has 0 aliphatic heterocycles. The number of nitrogens with zero attached hydrogens (tertiary/aromatic N) is 3. The molecule has 0 aliphatic carbocycles. The summed E-state index contributed by atoms with van der Waals surface area (Å²) in [6.45, 7) is 0.557. The van der Waals surface area contributed by atoms with Gasteiger partial charge in [0.1, 0.15) is 19.3 Å². The zero-order chi connectivity index (χ0) is 11.2. The Morgan fingerprint density at radius 1 is 1.38 bits per heavy atom. The fourth-order valence-electron chi connectivity index (χ4n) is 1.39. The van der Waals surface area contributed by atoms with Gasteiger partial charge in [0.05, 0.1) is 6.54 Å². The Bertz CT molecular complexity index is 509. The van der Waals surface area contributed by atoms with E-state index in [0.717, 1.165) is 11.1 Å². The van der Waals surface area contributed by atoms with Crippen molar-refractivity contribution in [3.63, 3.8) is 0 Å². The van der Waals surface area contributed by atoms with Crippen molar-refractivity contribution >= 4 is 0 Å². The SMILES string of the molecule is OCC#Cc1cccc(Cn2cncn2)c1. The van der Waals surface area contributed by atoms with E-state index in [4.69, 9.17) is 5.11 Å². The van der Waals surface area contributed by atoms with Crippen LogP contribution in [0.5, 0.6) is 0 Å². The maximum absolute atomic E-state index is 8.61. The quantitative estimate of drug-likeness (QED) is 0.746. The highest BCUT2D eigenvalue weighted by molar-refractivity contribution is 5.37. The van der Waals surface area contributed by atoms with Crippen molar-refractivity contribution in [3.05, 3.63) is 48.0 Å². The molecule has 1 aromatic heterocycles. The van der Waals surface area contributed by atoms with Gasteiger partial charge < -0.3 is 5.11 Å². The van der Waals surface area contributed by atoms with Crippen LogP contribution in [0.25, 0.3) is 0 Å². The first-order valence-corrected chi connectivity index (χ1v) is 4.89. The summed E-state index contributed by atoms with van der Waals surface area (Å²) >= 11 is 0. The maximum Gasteiger partial charge on any atom is 0.137 e. The lowest BCUT2D eigenvalue weighted by atomic mass is 10.1. The normalized spacial score (nSPS) is 9.56. The summed E-state index contributed by atoms with van der Waals surface area (Å²) in [5.41, 5.74) is 2.00. The molecule has 2 rings (SSSR count). The Morgan fingerprint density at radius 2 is 2.31 bits per heavy atom. The number of rotatable bonds is 2. The van der Waals surface area contributed by atoms with Gasteiger partial charge in [-0.2, -0.15) is 5.10 Å². The summed E-state index contributed by atoms with van der Waals surface area (Å²) in [4.78, 5) is 3.88. The number of hydrogen-bond donors (Lipinski definition) is 1. The molecule has 80 valence electrons. The molecule has 0 fully saturated rings. The second-order valence-corrected chi connectivity index (χ2v) is 3.25. The minimum atomic E-state index is -0.118. The summed E-state index contributed by atoms with van der Waals surface area (Å²) in [5, 5.41) is 12.6. The minimum absolute atomic E-state index is 0.118. The molecule has 0 bridgehead atoms. The molecule has 0 amide bonds. The number of aliphatic hydroxyl groups excluding tert-OH is 1. The molecule has 0 spiro atoms. The molecule has 0 radical (unpaired) electrons. The zero-order valence-electron chi connectivity index (χ0n) is 8.67. The largest absolute Gasteiger partial charge is 0.384 e. The summed E-state index contributed by atoms with van der Waals surface area (Å²) < 4.78 is 1.75. The van der Waals surface area contributed by atoms with Gasteiger partial charge in [-0.1, -0.05) is 24.0 Å². The summed E-state index contributed by atoms with van der Waals surface area (Å²) in [6.07, 6.45) is 3.18. The predicted molar refractivity (Wildman–Crippen MR) is 59.5 cm³/mol. The molecule has 16 heavy (non-hydrogen) atoms. The van der Waals surface area contributed by atoms with Gasteiger partial charge in [0.2, 0.25) is 0 Å². The van der Waals surface area contributed by atoms with E-state index in [2.05, 4.69) is 21.9 Å². The van der Waals surface area contributed by atoms with Crippen molar-refractivity contribution in [2.24, 2.45) is 0 Å². The van der Waals surface area contributed by atoms with Gasteiger partial charge in [0.15, 0.2) is 0 Å². The summed E-state index contributed by atoms with van der Waals surface area (Å²) in [7, 11) is 0. The molecule has 4 nitrogen and oxygen atoms in total. The van der Waals surface area contributed by atoms with Crippen LogP contribution in [0, 0.1) is 11.8 Å². The highest BCUT2D eigenvalue weighted by Gasteiger charge is 1.96. The Kier molecular flexibility index (Phi) is 3.31. The monoisotopic (exact) mass is 213 g/mol. The van der Waals surface area contributed by atoms with E-state index in [0.29, 0.717) is 6.54 Å². The predicted octanol–water partition coefficient (Wildman–Crippen LogP) is 0.670. The average Bonchev–Trinajstić information content (AvgIpc) is 2.80. The molecule has 0 atom stereocenters. The van der Waals surface area contributed by atoms with Gasteiger partial charge in [0, 0.05) is 5.56 Å². The topological polar surface area (TPSA) is 50.9 Å². The zero-order valence-corrected chi connectivity index (χ0v) is 8.67. The van der Waals surface area contributed by atoms with E-state index < -0.39 is 0 Å². The smallest absolute Gasteiger partial charge is 0.137 e. The third-order valence-corrected chi connectivity index (χ3v) is 2.05. The van der Waals surface area contributed by atoms with E-state index in [-0.39, 0.29) is 6.61 Å². The lowest BCUT2D eigenvalue weighted by Gasteiger charge is -2.01. The second-order valence-electron chi connectivity index (χ2n) is 3.25. The van der Waals surface area contributed by atoms with Gasteiger partial charge in [-0.25, -0.2) is 9.67 Å². The molecular formula is C12H11N3O. The van der Waals surface area contributed by atoms with Gasteiger partial charge >= 0.3 is 0 Å². The molecule has 0 saturated carbocycles. The molecule has 2 aromatic rings. The van der Waals surface area contributed by atoms with Crippen molar-refractivity contribution < 1.29 is 5.11 Å². The summed E-state index contributed by atoms with van der Waals surface area (Å²) in [5.74, 6) is 5.49. The Balaban J connectivity index is 2.16. The van der Waals surface area contributed by atoms with Crippen LogP contribution in [-0.4, -0.2) is 26.5 Å². The van der Waals surface area contributed by atoms with E-state index in [1.165, 1.54) is 6.33 Å². The first kappa shape index (κ1) is 10.4. The molecule has 1 heterocycles. The van der Waals surface area contributed by atoms with Crippen molar-refractivity contribution in [1.29, 1.82) is 0 Å². The van der Waals surface area contributed by atoms with E-state index in [9.17, 15) is 0 Å². The second kappa shape index (κ2) is 5.10. The van der Waals surface area contributed by atoms with Crippen LogP contribution < -0.4 is 0 Å². The third kappa shape index (κ3) is 2.69. The van der Waals surface area contributed by atoms with E-state index >= 15 is 0 Å². The average molecular weight is 213 g/mol. The molecule has 0 aliphatic rings. The standard InChI is InChI=1S/C12H11N3O/c16-6-2-5-11-3-1-4-12(7-11)8-15-10-13-9-14-15/h1,3-4,7,9-10,16H,6,8H2. The van der Waals surface area contributed by atoms with Gasteiger partial charge in [0.25, 0.3) is 0 Å². The minimum Gasteiger partial charge on any atom is -0.384 e. The highest BCUT2D eigenvalue weighted by Crippen LogP contribution is 2.05. The van der Waals surface area contributed by atoms with Crippen molar-refractivity contribution in [1.82, 2.24) is 14.8 Å². The molecule has 0 saturated heterocycles. The van der Waals surface area contributed by atoms with Gasteiger partial charge in [-0.05, 0) is 17.7 Å². The lowest BCUT2D eigenvalue weighted by molar-refractivity contribution is 0.350. The van der Waals surface area contributed by atoms with Gasteiger partial charge in [-0.3, -0.25) is 0 Å². The fourth-order valence-corrected chi connectivity index (χ4v) is 1.39. The maximum atomic E-state index is 8.61. The molecule has 1 aromatic carbocycles. The Hall–Kier alpha value is -2.12. The van der Waals surface area contributed by atoms with Gasteiger partial charge in [-0.15, -0.1) is 0 Å². The number of aromatic nitrogens is 3. The molecule has 0 unspecified atom stereocenters. The molecular weight excluding hydrogens is 202 g/mol.